The van der Waals surface area contributed by atoms with Gasteiger partial charge in [0.2, 0.25) is 5.91 Å². The first-order valence-electron chi connectivity index (χ1n) is 7.43. The Balaban J connectivity index is 1.91. The van der Waals surface area contributed by atoms with Crippen LogP contribution in [0.2, 0.25) is 0 Å². The summed E-state index contributed by atoms with van der Waals surface area (Å²) in [5, 5.41) is 7.79. The maximum atomic E-state index is 13.4. The van der Waals surface area contributed by atoms with Crippen LogP contribution in [0.4, 0.5) is 13.2 Å². The van der Waals surface area contributed by atoms with Crippen LogP contribution in [-0.2, 0) is 14.3 Å². The van der Waals surface area contributed by atoms with E-state index in [-0.39, 0.29) is 17.9 Å². The van der Waals surface area contributed by atoms with E-state index in [1.165, 1.54) is 18.0 Å². The third kappa shape index (κ3) is 3.22. The van der Waals surface area contributed by atoms with Crippen LogP contribution in [0.5, 0.6) is 0 Å². The van der Waals surface area contributed by atoms with Gasteiger partial charge >= 0.3 is 0 Å². The Labute approximate surface area is 140 Å². The van der Waals surface area contributed by atoms with Crippen molar-refractivity contribution in [2.24, 2.45) is 5.73 Å². The molecule has 2 N–H and O–H groups in total. The molecule has 7 nitrogen and oxygen atoms in total. The second kappa shape index (κ2) is 6.81. The molecule has 25 heavy (non-hydrogen) atoms. The molecule has 0 saturated carbocycles. The van der Waals surface area contributed by atoms with Crippen LogP contribution in [0.3, 0.4) is 0 Å². The molecular weight excluding hydrogens is 341 g/mol. The van der Waals surface area contributed by atoms with Crippen LogP contribution in [0.15, 0.2) is 18.3 Å². The van der Waals surface area contributed by atoms with Gasteiger partial charge in [0.05, 0.1) is 12.2 Å². The SMILES string of the molecule is COC1C(C(N)=O)OCCC1n1cc(-c2cc(F)c(F)c(F)c2)nn1. The highest BCUT2D eigenvalue weighted by atomic mass is 19.2. The average Bonchev–Trinajstić information content (AvgIpc) is 3.08. The summed E-state index contributed by atoms with van der Waals surface area (Å²) < 4.78 is 51.9. The fourth-order valence-electron chi connectivity index (χ4n) is 2.86. The maximum Gasteiger partial charge on any atom is 0.249 e. The number of nitrogens with zero attached hydrogens (tertiary/aromatic N) is 3. The van der Waals surface area contributed by atoms with Gasteiger partial charge in [0, 0.05) is 19.3 Å². The van der Waals surface area contributed by atoms with E-state index in [0.717, 1.165) is 12.1 Å². The van der Waals surface area contributed by atoms with E-state index in [1.807, 2.05) is 0 Å². The molecule has 10 heteroatoms. The van der Waals surface area contributed by atoms with Crippen molar-refractivity contribution in [2.75, 3.05) is 13.7 Å². The first-order valence-corrected chi connectivity index (χ1v) is 7.43. The Kier molecular flexibility index (Phi) is 4.73. The average molecular weight is 356 g/mol. The number of halogens is 3. The van der Waals surface area contributed by atoms with Gasteiger partial charge in [-0.25, -0.2) is 17.9 Å². The predicted molar refractivity (Wildman–Crippen MR) is 78.7 cm³/mol. The number of benzene rings is 1. The molecule has 0 aliphatic carbocycles. The smallest absolute Gasteiger partial charge is 0.249 e. The van der Waals surface area contributed by atoms with E-state index >= 15 is 0 Å². The lowest BCUT2D eigenvalue weighted by molar-refractivity contribution is -0.154. The molecule has 1 amide bonds. The Morgan fingerprint density at radius 1 is 1.36 bits per heavy atom. The molecule has 1 aromatic carbocycles. The number of rotatable bonds is 4. The van der Waals surface area contributed by atoms with E-state index in [2.05, 4.69) is 10.3 Å². The van der Waals surface area contributed by atoms with Gasteiger partial charge in [-0.15, -0.1) is 5.10 Å². The maximum absolute atomic E-state index is 13.4. The van der Waals surface area contributed by atoms with Crippen molar-refractivity contribution < 1.29 is 27.4 Å². The standard InChI is InChI=1S/C15H15F3N4O3/c1-24-13-11(2-3-25-14(13)15(19)23)22-6-10(20-21-22)7-4-8(16)12(18)9(17)5-7/h4-6,11,13-14H,2-3H2,1H3,(H2,19,23). The molecule has 134 valence electrons. The van der Waals surface area contributed by atoms with Crippen molar-refractivity contribution in [3.05, 3.63) is 35.8 Å². The molecule has 3 unspecified atom stereocenters. The number of amides is 1. The summed E-state index contributed by atoms with van der Waals surface area (Å²) in [7, 11) is 1.41. The number of hydrogen-bond donors (Lipinski definition) is 1. The summed E-state index contributed by atoms with van der Waals surface area (Å²) in [6, 6.07) is 1.25. The number of methoxy groups -OCH3 is 1. The highest BCUT2D eigenvalue weighted by Gasteiger charge is 2.39. The minimum absolute atomic E-state index is 0.0372. The summed E-state index contributed by atoms with van der Waals surface area (Å²) in [6.45, 7) is 0.257. The van der Waals surface area contributed by atoms with Crippen molar-refractivity contribution in [2.45, 2.75) is 24.7 Å². The van der Waals surface area contributed by atoms with Gasteiger partial charge < -0.3 is 15.2 Å². The van der Waals surface area contributed by atoms with Crippen LogP contribution in [0.1, 0.15) is 12.5 Å². The fraction of sp³-hybridized carbons (Fsp3) is 0.400. The van der Waals surface area contributed by atoms with Crippen LogP contribution in [0.25, 0.3) is 11.3 Å². The zero-order valence-electron chi connectivity index (χ0n) is 13.2. The van der Waals surface area contributed by atoms with E-state index in [1.54, 1.807) is 0 Å². The van der Waals surface area contributed by atoms with E-state index in [0.29, 0.717) is 6.42 Å². The number of ether oxygens (including phenoxy) is 2. The molecule has 2 heterocycles. The summed E-state index contributed by atoms with van der Waals surface area (Å²) in [5.41, 5.74) is 5.49. The third-order valence-corrected chi connectivity index (χ3v) is 4.07. The zero-order valence-corrected chi connectivity index (χ0v) is 13.2. The molecule has 0 radical (unpaired) electrons. The van der Waals surface area contributed by atoms with Gasteiger partial charge in [-0.3, -0.25) is 4.79 Å². The molecule has 1 saturated heterocycles. The summed E-state index contributed by atoms with van der Waals surface area (Å²) >= 11 is 0. The Morgan fingerprint density at radius 3 is 2.64 bits per heavy atom. The number of carbonyl (C=O) groups is 1. The van der Waals surface area contributed by atoms with Crippen molar-refractivity contribution >= 4 is 5.91 Å². The Hall–Kier alpha value is -2.46. The highest BCUT2D eigenvalue weighted by molar-refractivity contribution is 5.79. The number of carbonyl (C=O) groups excluding carboxylic acids is 1. The number of hydrogen-bond acceptors (Lipinski definition) is 5. The quantitative estimate of drug-likeness (QED) is 0.831. The van der Waals surface area contributed by atoms with Gasteiger partial charge in [0.1, 0.15) is 11.8 Å². The lowest BCUT2D eigenvalue weighted by atomic mass is 9.99. The molecule has 0 spiro atoms. The Morgan fingerprint density at radius 2 is 2.04 bits per heavy atom. The molecule has 1 aromatic heterocycles. The van der Waals surface area contributed by atoms with E-state index < -0.39 is 41.6 Å². The molecule has 0 bridgehead atoms. The van der Waals surface area contributed by atoms with Gasteiger partial charge in [-0.05, 0) is 18.6 Å². The minimum atomic E-state index is -1.55. The lowest BCUT2D eigenvalue weighted by Gasteiger charge is -2.35. The van der Waals surface area contributed by atoms with Crippen molar-refractivity contribution in [1.29, 1.82) is 0 Å². The minimum Gasteiger partial charge on any atom is -0.376 e. The van der Waals surface area contributed by atoms with Gasteiger partial charge in [-0.2, -0.15) is 0 Å². The first-order chi connectivity index (χ1) is 11.9. The number of aromatic nitrogens is 3. The van der Waals surface area contributed by atoms with E-state index in [4.69, 9.17) is 15.2 Å². The molecule has 1 fully saturated rings. The Bertz CT molecular complexity index is 775. The third-order valence-electron chi connectivity index (χ3n) is 4.07. The number of nitrogens with two attached hydrogens (primary N) is 1. The van der Waals surface area contributed by atoms with Crippen molar-refractivity contribution in [3.63, 3.8) is 0 Å². The summed E-state index contributed by atoms with van der Waals surface area (Å²) in [6.07, 6.45) is 0.267. The van der Waals surface area contributed by atoms with Crippen LogP contribution >= 0.6 is 0 Å². The van der Waals surface area contributed by atoms with Crippen LogP contribution in [0, 0.1) is 17.5 Å². The lowest BCUT2D eigenvalue weighted by Crippen LogP contribution is -2.50. The monoisotopic (exact) mass is 356 g/mol. The predicted octanol–water partition coefficient (Wildman–Crippen LogP) is 1.19. The largest absolute Gasteiger partial charge is 0.376 e. The first kappa shape index (κ1) is 17.4. The van der Waals surface area contributed by atoms with Crippen molar-refractivity contribution in [1.82, 2.24) is 15.0 Å². The molecule has 3 atom stereocenters. The van der Waals surface area contributed by atoms with Gasteiger partial charge in [0.15, 0.2) is 23.6 Å². The topological polar surface area (TPSA) is 92.3 Å². The highest BCUT2D eigenvalue weighted by Crippen LogP contribution is 2.29. The normalized spacial score (nSPS) is 23.6. The molecule has 1 aliphatic rings. The summed E-state index contributed by atoms with van der Waals surface area (Å²) in [5.74, 6) is -4.86. The summed E-state index contributed by atoms with van der Waals surface area (Å²) in [4.78, 5) is 11.5. The van der Waals surface area contributed by atoms with Crippen molar-refractivity contribution in [3.8, 4) is 11.3 Å². The molecular formula is C15H15F3N4O3. The number of primary amides is 1. The molecule has 3 rings (SSSR count). The molecule has 2 aromatic rings. The van der Waals surface area contributed by atoms with Gasteiger partial charge in [-0.1, -0.05) is 5.21 Å². The van der Waals surface area contributed by atoms with Crippen LogP contribution in [-0.4, -0.2) is 46.8 Å². The fourth-order valence-corrected chi connectivity index (χ4v) is 2.86. The van der Waals surface area contributed by atoms with E-state index in [9.17, 15) is 18.0 Å². The molecule has 1 aliphatic heterocycles. The zero-order chi connectivity index (χ0) is 18.1. The van der Waals surface area contributed by atoms with Crippen LogP contribution < -0.4 is 5.73 Å². The second-order valence-corrected chi connectivity index (χ2v) is 5.59. The van der Waals surface area contributed by atoms with Gasteiger partial charge in [0.25, 0.3) is 0 Å². The second-order valence-electron chi connectivity index (χ2n) is 5.59.